The molecule has 5 nitrogen and oxygen atoms in total. The van der Waals surface area contributed by atoms with E-state index >= 15 is 0 Å². The summed E-state index contributed by atoms with van der Waals surface area (Å²) >= 11 is 5.75. The van der Waals surface area contributed by atoms with Crippen molar-refractivity contribution in [1.82, 2.24) is 14.5 Å². The van der Waals surface area contributed by atoms with Crippen LogP contribution in [0.4, 0.5) is 5.82 Å². The number of hydrogen-bond donors (Lipinski definition) is 0. The van der Waals surface area contributed by atoms with E-state index in [1.165, 1.54) is 24.8 Å². The standard InChI is InChI=1S/C18H19N5S/c1-21-17(24)15-16(23-14-9-5-8-13(14)20-18(21)23)19-11-22(15)10-12-6-3-2-4-7-12/h2-4,6-7,11,13-14H,5,8-10H2,1H3. The number of hydrogen-bond acceptors (Lipinski definition) is 4. The molecular weight excluding hydrogens is 318 g/mol. The van der Waals surface area contributed by atoms with Crippen LogP contribution in [0.3, 0.4) is 0 Å². The zero-order valence-corrected chi connectivity index (χ0v) is 14.4. The highest BCUT2D eigenvalue weighted by atomic mass is 32.1. The van der Waals surface area contributed by atoms with Crippen molar-refractivity contribution < 1.29 is 0 Å². The van der Waals surface area contributed by atoms with Crippen LogP contribution in [0.1, 0.15) is 30.5 Å². The number of guanidine groups is 1. The Morgan fingerprint density at radius 2 is 2.04 bits per heavy atom. The van der Waals surface area contributed by atoms with Gasteiger partial charge in [0.2, 0.25) is 5.96 Å². The molecule has 5 rings (SSSR count). The second kappa shape index (κ2) is 5.14. The summed E-state index contributed by atoms with van der Waals surface area (Å²) in [4.78, 5) is 14.9. The van der Waals surface area contributed by atoms with Crippen molar-refractivity contribution in [3.63, 3.8) is 0 Å². The van der Waals surface area contributed by atoms with E-state index < -0.39 is 0 Å². The zero-order chi connectivity index (χ0) is 16.3. The van der Waals surface area contributed by atoms with Gasteiger partial charge in [0.25, 0.3) is 0 Å². The minimum atomic E-state index is 0.399. The second-order valence-corrected chi connectivity index (χ2v) is 7.15. The maximum atomic E-state index is 5.75. The summed E-state index contributed by atoms with van der Waals surface area (Å²) in [6, 6.07) is 11.3. The molecule has 0 saturated heterocycles. The van der Waals surface area contributed by atoms with E-state index in [9.17, 15) is 0 Å². The van der Waals surface area contributed by atoms with Crippen molar-refractivity contribution in [1.29, 1.82) is 0 Å². The Bertz CT molecular complexity index is 840. The highest BCUT2D eigenvalue weighted by molar-refractivity contribution is 7.80. The van der Waals surface area contributed by atoms with E-state index in [1.54, 1.807) is 0 Å². The van der Waals surface area contributed by atoms with Crippen LogP contribution >= 0.6 is 12.2 Å². The molecule has 1 aromatic heterocycles. The normalized spacial score (nSPS) is 24.7. The summed E-state index contributed by atoms with van der Waals surface area (Å²) in [6.07, 6.45) is 5.52. The van der Waals surface area contributed by atoms with Gasteiger partial charge in [-0.1, -0.05) is 42.5 Å². The summed E-state index contributed by atoms with van der Waals surface area (Å²) in [5.41, 5.74) is 2.30. The van der Waals surface area contributed by atoms with Gasteiger partial charge in [-0.2, -0.15) is 0 Å². The van der Waals surface area contributed by atoms with Crippen molar-refractivity contribution in [3.8, 4) is 0 Å². The molecule has 0 spiro atoms. The number of benzene rings is 1. The summed E-state index contributed by atoms with van der Waals surface area (Å²) in [5.74, 6) is 1.97. The number of imidazole rings is 1. The molecule has 1 fully saturated rings. The number of anilines is 1. The lowest BCUT2D eigenvalue weighted by atomic mass is 10.1. The van der Waals surface area contributed by atoms with E-state index in [2.05, 4.69) is 38.6 Å². The Kier molecular flexibility index (Phi) is 3.03. The number of aliphatic imine (C=N–C) groups is 1. The van der Waals surface area contributed by atoms with Gasteiger partial charge in [-0.3, -0.25) is 4.90 Å². The van der Waals surface area contributed by atoms with E-state index in [-0.39, 0.29) is 0 Å². The average molecular weight is 337 g/mol. The van der Waals surface area contributed by atoms with E-state index in [0.29, 0.717) is 12.1 Å². The predicted octanol–water partition coefficient (Wildman–Crippen LogP) is 2.65. The zero-order valence-electron chi connectivity index (χ0n) is 13.6. The van der Waals surface area contributed by atoms with Gasteiger partial charge in [-0.25, -0.2) is 9.98 Å². The van der Waals surface area contributed by atoms with Gasteiger partial charge in [-0.15, -0.1) is 0 Å². The molecule has 1 aliphatic carbocycles. The van der Waals surface area contributed by atoms with Gasteiger partial charge in [0.15, 0.2) is 5.82 Å². The van der Waals surface area contributed by atoms with Gasteiger partial charge >= 0.3 is 0 Å². The summed E-state index contributed by atoms with van der Waals surface area (Å²) in [5, 5.41) is 0. The maximum absolute atomic E-state index is 5.75. The van der Waals surface area contributed by atoms with Crippen molar-refractivity contribution >= 4 is 29.0 Å². The van der Waals surface area contributed by atoms with Crippen molar-refractivity contribution in [3.05, 3.63) is 47.9 Å². The van der Waals surface area contributed by atoms with Crippen LogP contribution in [0.2, 0.25) is 0 Å². The van der Waals surface area contributed by atoms with Crippen LogP contribution < -0.4 is 4.90 Å². The fourth-order valence-corrected chi connectivity index (χ4v) is 4.44. The van der Waals surface area contributed by atoms with E-state index in [0.717, 1.165) is 29.0 Å². The Balaban J connectivity index is 1.59. The molecule has 122 valence electrons. The molecule has 2 aliphatic heterocycles. The molecule has 6 heteroatoms. The molecule has 0 bridgehead atoms. The molecular formula is C18H19N5S. The monoisotopic (exact) mass is 337 g/mol. The quantitative estimate of drug-likeness (QED) is 0.790. The van der Waals surface area contributed by atoms with Gasteiger partial charge in [0, 0.05) is 13.6 Å². The number of aromatic nitrogens is 2. The van der Waals surface area contributed by atoms with Crippen LogP contribution in [0, 0.1) is 0 Å². The third-order valence-electron chi connectivity index (χ3n) is 5.32. The Morgan fingerprint density at radius 1 is 1.21 bits per heavy atom. The SMILES string of the molecule is CN1C(=S)c2c(ncn2Cc2ccccc2)N2C1=NC1CCCC12. The van der Waals surface area contributed by atoms with Crippen LogP contribution in [-0.4, -0.2) is 44.5 Å². The number of nitrogens with zero attached hydrogens (tertiary/aromatic N) is 5. The Labute approximate surface area is 146 Å². The first kappa shape index (κ1) is 14.2. The number of thiocarbonyl (C=S) groups is 1. The molecule has 24 heavy (non-hydrogen) atoms. The molecule has 1 aromatic carbocycles. The minimum Gasteiger partial charge on any atom is -0.322 e. The maximum Gasteiger partial charge on any atom is 0.208 e. The molecule has 2 atom stereocenters. The molecule has 1 saturated carbocycles. The first-order chi connectivity index (χ1) is 11.7. The second-order valence-electron chi connectivity index (χ2n) is 6.76. The lowest BCUT2D eigenvalue weighted by Gasteiger charge is -2.36. The van der Waals surface area contributed by atoms with Gasteiger partial charge in [0.05, 0.1) is 18.4 Å². The topological polar surface area (TPSA) is 36.7 Å². The van der Waals surface area contributed by atoms with Gasteiger partial charge in [-0.05, 0) is 24.8 Å². The minimum absolute atomic E-state index is 0.399. The van der Waals surface area contributed by atoms with E-state index in [1.807, 2.05) is 19.4 Å². The smallest absolute Gasteiger partial charge is 0.208 e. The summed E-state index contributed by atoms with van der Waals surface area (Å²) in [6.45, 7) is 0.783. The van der Waals surface area contributed by atoms with Gasteiger partial charge in [0.1, 0.15) is 10.7 Å². The van der Waals surface area contributed by atoms with Crippen molar-refractivity contribution in [2.24, 2.45) is 4.99 Å². The van der Waals surface area contributed by atoms with Crippen LogP contribution in [-0.2, 0) is 6.54 Å². The first-order valence-electron chi connectivity index (χ1n) is 8.48. The van der Waals surface area contributed by atoms with Crippen LogP contribution in [0.15, 0.2) is 41.7 Å². The third kappa shape index (κ3) is 1.89. The van der Waals surface area contributed by atoms with Crippen LogP contribution in [0.25, 0.3) is 0 Å². The van der Waals surface area contributed by atoms with Crippen molar-refractivity contribution in [2.45, 2.75) is 37.9 Å². The fraction of sp³-hybridized carbons (Fsp3) is 0.389. The lowest BCUT2D eigenvalue weighted by Crippen LogP contribution is -2.51. The molecule has 0 N–H and O–H groups in total. The molecule has 2 unspecified atom stereocenters. The summed E-state index contributed by atoms with van der Waals surface area (Å²) in [7, 11) is 2.03. The Morgan fingerprint density at radius 3 is 2.88 bits per heavy atom. The van der Waals surface area contributed by atoms with Gasteiger partial charge < -0.3 is 9.47 Å². The molecule has 2 aromatic rings. The summed E-state index contributed by atoms with van der Waals surface area (Å²) < 4.78 is 2.17. The largest absolute Gasteiger partial charge is 0.322 e. The highest BCUT2D eigenvalue weighted by Crippen LogP contribution is 2.40. The molecule has 0 radical (unpaired) electrons. The van der Waals surface area contributed by atoms with Crippen molar-refractivity contribution in [2.75, 3.05) is 11.9 Å². The third-order valence-corrected chi connectivity index (χ3v) is 5.79. The fourth-order valence-electron chi connectivity index (χ4n) is 4.15. The molecule has 3 heterocycles. The predicted molar refractivity (Wildman–Crippen MR) is 98.6 cm³/mol. The number of fused-ring (bicyclic) bond motifs is 5. The first-order valence-corrected chi connectivity index (χ1v) is 8.89. The highest BCUT2D eigenvalue weighted by Gasteiger charge is 2.47. The molecule has 0 amide bonds. The molecule has 3 aliphatic rings. The lowest BCUT2D eigenvalue weighted by molar-refractivity contribution is 0.627. The van der Waals surface area contributed by atoms with E-state index in [4.69, 9.17) is 22.2 Å². The average Bonchev–Trinajstić information content (AvgIpc) is 3.27. The Hall–Kier alpha value is -2.21. The number of rotatable bonds is 2. The van der Waals surface area contributed by atoms with Crippen LogP contribution in [0.5, 0.6) is 0 Å².